The number of hydrogen-bond donors (Lipinski definition) is 1. The summed E-state index contributed by atoms with van der Waals surface area (Å²) in [6, 6.07) is 8.93. The van der Waals surface area contributed by atoms with E-state index in [9.17, 15) is 13.2 Å². The average molecular weight is 299 g/mol. The van der Waals surface area contributed by atoms with Crippen LogP contribution in [0, 0.1) is 0 Å². The summed E-state index contributed by atoms with van der Waals surface area (Å²) >= 11 is 0. The number of aliphatic carboxylic acids is 1. The van der Waals surface area contributed by atoms with Gasteiger partial charge in [0, 0.05) is 13.0 Å². The lowest BCUT2D eigenvalue weighted by molar-refractivity contribution is -0.137. The summed E-state index contributed by atoms with van der Waals surface area (Å²) in [5.74, 6) is -1.11. The molecule has 0 amide bonds. The van der Waals surface area contributed by atoms with Crippen molar-refractivity contribution in [3.63, 3.8) is 0 Å². The summed E-state index contributed by atoms with van der Waals surface area (Å²) in [6.45, 7) is 2.43. The number of anilines is 1. The number of rotatable bonds is 9. The number of carboxylic acid groups (broad SMARTS) is 1. The van der Waals surface area contributed by atoms with E-state index in [0.717, 1.165) is 12.8 Å². The zero-order chi connectivity index (χ0) is 15.0. The number of unbranched alkanes of at least 4 members (excludes halogenated alkanes) is 1. The molecular weight excluding hydrogens is 278 g/mol. The molecule has 0 aliphatic rings. The second kappa shape index (κ2) is 7.89. The lowest BCUT2D eigenvalue weighted by atomic mass is 10.3. The maximum absolute atomic E-state index is 12.4. The number of para-hydroxylation sites is 1. The van der Waals surface area contributed by atoms with E-state index < -0.39 is 16.0 Å². The van der Waals surface area contributed by atoms with Crippen LogP contribution in [0.25, 0.3) is 0 Å². The molecule has 5 nitrogen and oxygen atoms in total. The molecule has 0 radical (unpaired) electrons. The van der Waals surface area contributed by atoms with Gasteiger partial charge in [0.1, 0.15) is 0 Å². The quantitative estimate of drug-likeness (QED) is 0.760. The number of carboxylic acids is 1. The first-order valence-corrected chi connectivity index (χ1v) is 8.35. The largest absolute Gasteiger partial charge is 0.481 e. The van der Waals surface area contributed by atoms with Gasteiger partial charge in [-0.15, -0.1) is 0 Å². The van der Waals surface area contributed by atoms with Crippen molar-refractivity contribution in [1.82, 2.24) is 0 Å². The lowest BCUT2D eigenvalue weighted by Crippen LogP contribution is -2.34. The van der Waals surface area contributed by atoms with Crippen molar-refractivity contribution >= 4 is 21.7 Å². The molecular formula is C14H21NO4S. The van der Waals surface area contributed by atoms with Crippen molar-refractivity contribution in [2.45, 2.75) is 32.6 Å². The Kier molecular flexibility index (Phi) is 6.51. The van der Waals surface area contributed by atoms with E-state index in [2.05, 4.69) is 0 Å². The van der Waals surface area contributed by atoms with Crippen LogP contribution in [0.2, 0.25) is 0 Å². The second-order valence-electron chi connectivity index (χ2n) is 4.57. The zero-order valence-electron chi connectivity index (χ0n) is 11.7. The molecule has 0 saturated carbocycles. The molecule has 0 aliphatic carbocycles. The summed E-state index contributed by atoms with van der Waals surface area (Å²) in [4.78, 5) is 10.5. The predicted octanol–water partition coefficient (Wildman–Crippen LogP) is 2.49. The molecule has 0 aliphatic heterocycles. The Bertz CT molecular complexity index is 513. The highest BCUT2D eigenvalue weighted by atomic mass is 32.2. The number of hydrogen-bond acceptors (Lipinski definition) is 3. The van der Waals surface area contributed by atoms with E-state index in [0.29, 0.717) is 12.2 Å². The number of sulfonamides is 1. The van der Waals surface area contributed by atoms with Gasteiger partial charge in [-0.05, 0) is 25.0 Å². The van der Waals surface area contributed by atoms with Crippen molar-refractivity contribution in [3.8, 4) is 0 Å². The van der Waals surface area contributed by atoms with Gasteiger partial charge in [-0.2, -0.15) is 0 Å². The third kappa shape index (κ3) is 5.21. The van der Waals surface area contributed by atoms with Gasteiger partial charge in [0.15, 0.2) is 0 Å². The normalized spacial score (nSPS) is 11.2. The third-order valence-electron chi connectivity index (χ3n) is 2.89. The molecule has 0 unspecified atom stereocenters. The van der Waals surface area contributed by atoms with E-state index in [4.69, 9.17) is 5.11 Å². The molecule has 1 rings (SSSR count). The first kappa shape index (κ1) is 16.5. The Balaban J connectivity index is 2.83. The summed E-state index contributed by atoms with van der Waals surface area (Å²) in [5, 5.41) is 8.60. The first-order chi connectivity index (χ1) is 9.47. The van der Waals surface area contributed by atoms with Gasteiger partial charge in [-0.1, -0.05) is 31.5 Å². The topological polar surface area (TPSA) is 74.7 Å². The summed E-state index contributed by atoms with van der Waals surface area (Å²) in [5.41, 5.74) is 0.635. The van der Waals surface area contributed by atoms with Crippen molar-refractivity contribution in [2.75, 3.05) is 16.6 Å². The van der Waals surface area contributed by atoms with E-state index >= 15 is 0 Å². The van der Waals surface area contributed by atoms with Crippen LogP contribution in [0.15, 0.2) is 30.3 Å². The fraction of sp³-hybridized carbons (Fsp3) is 0.500. The van der Waals surface area contributed by atoms with E-state index in [1.165, 1.54) is 4.31 Å². The Morgan fingerprint density at radius 2 is 1.85 bits per heavy atom. The molecule has 0 spiro atoms. The van der Waals surface area contributed by atoms with Crippen LogP contribution in [0.3, 0.4) is 0 Å². The van der Waals surface area contributed by atoms with Gasteiger partial charge in [-0.3, -0.25) is 9.10 Å². The van der Waals surface area contributed by atoms with Crippen molar-refractivity contribution in [2.24, 2.45) is 0 Å². The van der Waals surface area contributed by atoms with Crippen molar-refractivity contribution in [3.05, 3.63) is 30.3 Å². The summed E-state index contributed by atoms with van der Waals surface area (Å²) in [7, 11) is -3.47. The minimum atomic E-state index is -3.47. The molecule has 1 aromatic rings. The van der Waals surface area contributed by atoms with Crippen LogP contribution in [-0.4, -0.2) is 31.8 Å². The van der Waals surface area contributed by atoms with Gasteiger partial charge in [0.05, 0.1) is 11.4 Å². The second-order valence-corrected chi connectivity index (χ2v) is 6.59. The SMILES string of the molecule is CCCCN(c1ccccc1)S(=O)(=O)CCCC(=O)O. The number of benzene rings is 1. The molecule has 0 saturated heterocycles. The number of carbonyl (C=O) groups is 1. The maximum atomic E-state index is 12.4. The van der Waals surface area contributed by atoms with E-state index in [1.807, 2.05) is 13.0 Å². The van der Waals surface area contributed by atoms with Crippen LogP contribution in [0.4, 0.5) is 5.69 Å². The van der Waals surface area contributed by atoms with Crippen LogP contribution in [0.1, 0.15) is 32.6 Å². The van der Waals surface area contributed by atoms with Gasteiger partial charge in [-0.25, -0.2) is 8.42 Å². The average Bonchev–Trinajstić information content (AvgIpc) is 2.39. The highest BCUT2D eigenvalue weighted by Crippen LogP contribution is 2.19. The van der Waals surface area contributed by atoms with Crippen LogP contribution >= 0.6 is 0 Å². The van der Waals surface area contributed by atoms with Crippen LogP contribution in [-0.2, 0) is 14.8 Å². The van der Waals surface area contributed by atoms with Gasteiger partial charge in [0.2, 0.25) is 10.0 Å². The first-order valence-electron chi connectivity index (χ1n) is 6.74. The van der Waals surface area contributed by atoms with E-state index in [-0.39, 0.29) is 18.6 Å². The molecule has 0 atom stereocenters. The highest BCUT2D eigenvalue weighted by molar-refractivity contribution is 7.92. The predicted molar refractivity (Wildman–Crippen MR) is 79.4 cm³/mol. The van der Waals surface area contributed by atoms with Crippen LogP contribution < -0.4 is 4.31 Å². The molecule has 0 bridgehead atoms. The van der Waals surface area contributed by atoms with Crippen molar-refractivity contribution in [1.29, 1.82) is 0 Å². The third-order valence-corrected chi connectivity index (χ3v) is 4.76. The zero-order valence-corrected chi connectivity index (χ0v) is 12.5. The fourth-order valence-electron chi connectivity index (χ4n) is 1.84. The Morgan fingerprint density at radius 1 is 1.20 bits per heavy atom. The monoisotopic (exact) mass is 299 g/mol. The highest BCUT2D eigenvalue weighted by Gasteiger charge is 2.21. The molecule has 6 heteroatoms. The van der Waals surface area contributed by atoms with E-state index in [1.54, 1.807) is 24.3 Å². The summed E-state index contributed by atoms with van der Waals surface area (Å²) < 4.78 is 26.1. The minimum absolute atomic E-state index is 0.129. The van der Waals surface area contributed by atoms with Gasteiger partial charge in [0.25, 0.3) is 0 Å². The maximum Gasteiger partial charge on any atom is 0.303 e. The molecule has 0 aromatic heterocycles. The molecule has 20 heavy (non-hydrogen) atoms. The summed E-state index contributed by atoms with van der Waals surface area (Å²) in [6.07, 6.45) is 1.67. The minimum Gasteiger partial charge on any atom is -0.481 e. The molecule has 0 fully saturated rings. The fourth-order valence-corrected chi connectivity index (χ4v) is 3.42. The number of nitrogens with zero attached hydrogens (tertiary/aromatic N) is 1. The molecule has 112 valence electrons. The molecule has 1 aromatic carbocycles. The van der Waals surface area contributed by atoms with Crippen LogP contribution in [0.5, 0.6) is 0 Å². The lowest BCUT2D eigenvalue weighted by Gasteiger charge is -2.24. The van der Waals surface area contributed by atoms with Gasteiger partial charge < -0.3 is 5.11 Å². The standard InChI is InChI=1S/C14H21NO4S/c1-2-3-11-15(13-8-5-4-6-9-13)20(18,19)12-7-10-14(16)17/h4-6,8-9H,2-3,7,10-12H2,1H3,(H,16,17). The molecule has 0 heterocycles. The Labute approximate surface area is 120 Å². The smallest absolute Gasteiger partial charge is 0.303 e. The Morgan fingerprint density at radius 3 is 2.40 bits per heavy atom. The Hall–Kier alpha value is -1.56. The van der Waals surface area contributed by atoms with Gasteiger partial charge >= 0.3 is 5.97 Å². The molecule has 1 N–H and O–H groups in total. The van der Waals surface area contributed by atoms with Crippen molar-refractivity contribution < 1.29 is 18.3 Å².